The zero-order chi connectivity index (χ0) is 20.2. The highest BCUT2D eigenvalue weighted by atomic mass is 35.5. The van der Waals surface area contributed by atoms with Crippen molar-refractivity contribution in [3.05, 3.63) is 76.9 Å². The van der Waals surface area contributed by atoms with Gasteiger partial charge in [0.2, 0.25) is 0 Å². The first kappa shape index (κ1) is 19.7. The Hall–Kier alpha value is -2.63. The van der Waals surface area contributed by atoms with Crippen molar-refractivity contribution in [1.82, 2.24) is 15.1 Å². The molecule has 150 valence electrons. The van der Waals surface area contributed by atoms with Gasteiger partial charge < -0.3 is 10.1 Å². The van der Waals surface area contributed by atoms with Gasteiger partial charge in [-0.25, -0.2) is 0 Å². The second-order valence-electron chi connectivity index (χ2n) is 7.40. The van der Waals surface area contributed by atoms with Gasteiger partial charge in [0, 0.05) is 23.4 Å². The Kier molecular flexibility index (Phi) is 5.97. The van der Waals surface area contributed by atoms with E-state index in [0.29, 0.717) is 22.8 Å². The average molecular weight is 410 g/mol. The Morgan fingerprint density at radius 1 is 1.24 bits per heavy atom. The first-order valence-corrected chi connectivity index (χ1v) is 10.3. The number of aromatic nitrogens is 2. The van der Waals surface area contributed by atoms with Gasteiger partial charge >= 0.3 is 0 Å². The van der Waals surface area contributed by atoms with Crippen LogP contribution in [0.25, 0.3) is 11.3 Å². The van der Waals surface area contributed by atoms with Crippen molar-refractivity contribution in [3.8, 4) is 11.3 Å². The summed E-state index contributed by atoms with van der Waals surface area (Å²) in [6.45, 7) is 3.34. The summed E-state index contributed by atoms with van der Waals surface area (Å²) in [6.07, 6.45) is 3.89. The summed E-state index contributed by atoms with van der Waals surface area (Å²) < 4.78 is 7.52. The molecule has 0 aliphatic carbocycles. The van der Waals surface area contributed by atoms with Gasteiger partial charge in [0.1, 0.15) is 5.69 Å². The summed E-state index contributed by atoms with van der Waals surface area (Å²) in [5, 5.41) is 8.45. The lowest BCUT2D eigenvalue weighted by Gasteiger charge is -2.19. The van der Waals surface area contributed by atoms with Crippen LogP contribution in [0.2, 0.25) is 5.02 Å². The number of carbonyl (C=O) groups is 1. The number of nitrogens with zero attached hydrogens (tertiary/aromatic N) is 2. The molecule has 3 aromatic rings. The lowest BCUT2D eigenvalue weighted by molar-refractivity contribution is 0.0712. The second kappa shape index (κ2) is 8.80. The predicted octanol–water partition coefficient (Wildman–Crippen LogP) is 4.55. The van der Waals surface area contributed by atoms with Crippen molar-refractivity contribution >= 4 is 17.5 Å². The molecule has 0 saturated carbocycles. The summed E-state index contributed by atoms with van der Waals surface area (Å²) in [7, 11) is 0. The number of hydrogen-bond acceptors (Lipinski definition) is 3. The molecule has 0 radical (unpaired) electrons. The van der Waals surface area contributed by atoms with Gasteiger partial charge in [-0.05, 0) is 37.5 Å². The van der Waals surface area contributed by atoms with Gasteiger partial charge in [-0.1, -0.05) is 54.1 Å². The van der Waals surface area contributed by atoms with E-state index in [4.69, 9.17) is 21.4 Å². The SMILES string of the molecule is C[C@H](NC(=O)c1cn(Cc2ccccc2)nc1-c1ccc(Cl)cc1)[C@H]1CCCO1. The van der Waals surface area contributed by atoms with Gasteiger partial charge in [0.25, 0.3) is 5.91 Å². The number of amides is 1. The van der Waals surface area contributed by atoms with Crippen LogP contribution in [0.1, 0.15) is 35.7 Å². The standard InChI is InChI=1S/C23H24ClN3O2/c1-16(21-8-5-13-29-21)25-23(28)20-15-27(14-17-6-3-2-4-7-17)26-22(20)18-9-11-19(24)12-10-18/h2-4,6-7,9-12,15-16,21H,5,8,13-14H2,1H3,(H,25,28)/t16-,21+/m0/s1. The molecule has 4 rings (SSSR count). The minimum Gasteiger partial charge on any atom is -0.376 e. The Balaban J connectivity index is 1.62. The van der Waals surface area contributed by atoms with Crippen LogP contribution >= 0.6 is 11.6 Å². The maximum atomic E-state index is 13.1. The highest BCUT2D eigenvalue weighted by Gasteiger charge is 2.26. The lowest BCUT2D eigenvalue weighted by Crippen LogP contribution is -2.40. The van der Waals surface area contributed by atoms with E-state index in [-0.39, 0.29) is 18.1 Å². The maximum Gasteiger partial charge on any atom is 0.255 e. The van der Waals surface area contributed by atoms with E-state index in [1.54, 1.807) is 0 Å². The molecular weight excluding hydrogens is 386 g/mol. The van der Waals surface area contributed by atoms with Crippen molar-refractivity contribution in [2.45, 2.75) is 38.5 Å². The van der Waals surface area contributed by atoms with Crippen LogP contribution in [0.4, 0.5) is 0 Å². The van der Waals surface area contributed by atoms with Crippen LogP contribution in [0, 0.1) is 0 Å². The van der Waals surface area contributed by atoms with Crippen molar-refractivity contribution in [1.29, 1.82) is 0 Å². The monoisotopic (exact) mass is 409 g/mol. The zero-order valence-electron chi connectivity index (χ0n) is 16.3. The number of hydrogen-bond donors (Lipinski definition) is 1. The third-order valence-electron chi connectivity index (χ3n) is 5.19. The van der Waals surface area contributed by atoms with E-state index in [9.17, 15) is 4.79 Å². The molecule has 1 amide bonds. The van der Waals surface area contributed by atoms with E-state index in [1.165, 1.54) is 0 Å². The minimum atomic E-state index is -0.141. The second-order valence-corrected chi connectivity index (χ2v) is 7.83. The molecule has 6 heteroatoms. The minimum absolute atomic E-state index is 0.0551. The van der Waals surface area contributed by atoms with E-state index in [1.807, 2.05) is 72.4 Å². The molecule has 0 spiro atoms. The Labute approximate surface area is 175 Å². The maximum absolute atomic E-state index is 13.1. The predicted molar refractivity (Wildman–Crippen MR) is 114 cm³/mol. The van der Waals surface area contributed by atoms with Crippen molar-refractivity contribution < 1.29 is 9.53 Å². The number of nitrogens with one attached hydrogen (secondary N) is 1. The molecule has 2 atom stereocenters. The third-order valence-corrected chi connectivity index (χ3v) is 5.44. The molecule has 0 unspecified atom stereocenters. The summed E-state index contributed by atoms with van der Waals surface area (Å²) in [5.74, 6) is -0.141. The van der Waals surface area contributed by atoms with Gasteiger partial charge in [-0.3, -0.25) is 9.48 Å². The molecule has 1 aliphatic heterocycles. The fourth-order valence-electron chi connectivity index (χ4n) is 3.63. The molecular formula is C23H24ClN3O2. The van der Waals surface area contributed by atoms with E-state index < -0.39 is 0 Å². The summed E-state index contributed by atoms with van der Waals surface area (Å²) >= 11 is 6.04. The largest absolute Gasteiger partial charge is 0.376 e. The smallest absolute Gasteiger partial charge is 0.255 e. The molecule has 1 aliphatic rings. The number of halogens is 1. The molecule has 2 aromatic carbocycles. The van der Waals surface area contributed by atoms with Gasteiger partial charge in [-0.15, -0.1) is 0 Å². The Bertz CT molecular complexity index is 964. The van der Waals surface area contributed by atoms with Gasteiger partial charge in [-0.2, -0.15) is 5.10 Å². The number of rotatable bonds is 6. The quantitative estimate of drug-likeness (QED) is 0.649. The molecule has 29 heavy (non-hydrogen) atoms. The molecule has 2 heterocycles. The summed E-state index contributed by atoms with van der Waals surface area (Å²) in [6, 6.07) is 17.4. The van der Waals surface area contributed by atoms with Crippen molar-refractivity contribution in [3.63, 3.8) is 0 Å². The molecule has 5 nitrogen and oxygen atoms in total. The summed E-state index contributed by atoms with van der Waals surface area (Å²) in [5.41, 5.74) is 3.18. The normalized spacial score (nSPS) is 17.2. The number of ether oxygens (including phenoxy) is 1. The zero-order valence-corrected chi connectivity index (χ0v) is 17.1. The van der Waals surface area contributed by atoms with E-state index in [0.717, 1.165) is 30.6 Å². The third kappa shape index (κ3) is 4.69. The van der Waals surface area contributed by atoms with Crippen LogP contribution in [-0.2, 0) is 11.3 Å². The molecule has 1 aromatic heterocycles. The van der Waals surface area contributed by atoms with E-state index >= 15 is 0 Å². The van der Waals surface area contributed by atoms with Crippen molar-refractivity contribution in [2.75, 3.05) is 6.61 Å². The molecule has 0 bridgehead atoms. The van der Waals surface area contributed by atoms with Crippen LogP contribution in [0.15, 0.2) is 60.8 Å². The first-order valence-electron chi connectivity index (χ1n) is 9.90. The molecule has 1 fully saturated rings. The van der Waals surface area contributed by atoms with Crippen LogP contribution in [0.5, 0.6) is 0 Å². The van der Waals surface area contributed by atoms with Crippen LogP contribution in [0.3, 0.4) is 0 Å². The molecule has 1 saturated heterocycles. The van der Waals surface area contributed by atoms with Crippen LogP contribution in [-0.4, -0.2) is 34.4 Å². The fraction of sp³-hybridized carbons (Fsp3) is 0.304. The average Bonchev–Trinajstić information content (AvgIpc) is 3.40. The Morgan fingerprint density at radius 2 is 2.00 bits per heavy atom. The number of benzene rings is 2. The fourth-order valence-corrected chi connectivity index (χ4v) is 3.76. The number of carbonyl (C=O) groups excluding carboxylic acids is 1. The van der Waals surface area contributed by atoms with Gasteiger partial charge in [0.15, 0.2) is 0 Å². The highest BCUT2D eigenvalue weighted by Crippen LogP contribution is 2.25. The van der Waals surface area contributed by atoms with Gasteiger partial charge in [0.05, 0.1) is 24.3 Å². The highest BCUT2D eigenvalue weighted by molar-refractivity contribution is 6.30. The van der Waals surface area contributed by atoms with Crippen molar-refractivity contribution in [2.24, 2.45) is 0 Å². The Morgan fingerprint density at radius 3 is 2.69 bits per heavy atom. The molecule has 1 N–H and O–H groups in total. The summed E-state index contributed by atoms with van der Waals surface area (Å²) in [4.78, 5) is 13.1. The topological polar surface area (TPSA) is 56.2 Å². The lowest BCUT2D eigenvalue weighted by atomic mass is 10.1. The first-order chi connectivity index (χ1) is 14.1. The van der Waals surface area contributed by atoms with E-state index in [2.05, 4.69) is 5.32 Å². The van der Waals surface area contributed by atoms with Crippen LogP contribution < -0.4 is 5.32 Å².